The number of amides is 1. The molecule has 0 radical (unpaired) electrons. The smallest absolute Gasteiger partial charge is 0.233 e. The van der Waals surface area contributed by atoms with E-state index in [0.29, 0.717) is 28.3 Å². The van der Waals surface area contributed by atoms with Gasteiger partial charge in [-0.2, -0.15) is 0 Å². The first kappa shape index (κ1) is 23.1. The maximum atomic E-state index is 14.9. The lowest BCUT2D eigenvalue weighted by Crippen LogP contribution is -2.56. The number of rotatable bonds is 4. The molecule has 4 nitrogen and oxygen atoms in total. The third-order valence-corrected chi connectivity index (χ3v) is 7.36. The van der Waals surface area contributed by atoms with Gasteiger partial charge < -0.3 is 9.80 Å². The van der Waals surface area contributed by atoms with Crippen molar-refractivity contribution >= 4 is 40.8 Å². The van der Waals surface area contributed by atoms with Gasteiger partial charge in [0, 0.05) is 35.4 Å². The molecular weight excluding hydrogens is 483 g/mol. The summed E-state index contributed by atoms with van der Waals surface area (Å²) in [5.74, 6) is -2.39. The Balaban J connectivity index is 1.35. The molecule has 0 spiro atoms. The van der Waals surface area contributed by atoms with Gasteiger partial charge in [0.2, 0.25) is 5.91 Å². The molecule has 0 unspecified atom stereocenters. The Labute approximate surface area is 204 Å². The lowest BCUT2D eigenvalue weighted by molar-refractivity contribution is -0.123. The zero-order valence-corrected chi connectivity index (χ0v) is 19.8. The van der Waals surface area contributed by atoms with Crippen LogP contribution >= 0.6 is 23.5 Å². The van der Waals surface area contributed by atoms with Crippen molar-refractivity contribution < 1.29 is 18.0 Å². The normalized spacial score (nSPS) is 17.6. The monoisotopic (exact) mass is 503 g/mol. The average molecular weight is 504 g/mol. The number of benzene rings is 3. The van der Waals surface area contributed by atoms with Crippen molar-refractivity contribution in [2.24, 2.45) is 11.1 Å². The van der Waals surface area contributed by atoms with Gasteiger partial charge >= 0.3 is 0 Å². The Bertz CT molecular complexity index is 1280. The van der Waals surface area contributed by atoms with Gasteiger partial charge in [0.05, 0.1) is 10.8 Å². The van der Waals surface area contributed by atoms with Gasteiger partial charge in [-0.25, -0.2) is 13.2 Å². The second-order valence-corrected chi connectivity index (χ2v) is 9.74. The molecule has 2 aliphatic rings. The standard InChI is InChI=1S/C25H21ClF3N3OS/c1-13-6-15-9-19(27)23(34-30)10-22(15)32(13)25(33)16-11-31(12-16)24-20(28)7-14(8-21(24)29)17-4-2-3-5-18(17)26/h2-5,7-10,13,16H,6,11-12,30H2,1H3/t13-/m0/s1. The fraction of sp³-hybridized carbons (Fsp3) is 0.240. The van der Waals surface area contributed by atoms with Gasteiger partial charge in [0.15, 0.2) is 0 Å². The van der Waals surface area contributed by atoms with Crippen LogP contribution in [0.15, 0.2) is 53.4 Å². The topological polar surface area (TPSA) is 49.6 Å². The van der Waals surface area contributed by atoms with Crippen LogP contribution in [0.5, 0.6) is 0 Å². The lowest BCUT2D eigenvalue weighted by atomic mass is 9.95. The van der Waals surface area contributed by atoms with E-state index in [1.807, 2.05) is 6.92 Å². The molecule has 2 N–H and O–H groups in total. The maximum absolute atomic E-state index is 14.9. The van der Waals surface area contributed by atoms with E-state index in [-0.39, 0.29) is 35.6 Å². The summed E-state index contributed by atoms with van der Waals surface area (Å²) >= 11 is 6.96. The summed E-state index contributed by atoms with van der Waals surface area (Å²) in [6.45, 7) is 2.28. The molecule has 1 atom stereocenters. The first-order valence-corrected chi connectivity index (χ1v) is 12.1. The van der Waals surface area contributed by atoms with Crippen LogP contribution in [-0.2, 0) is 11.2 Å². The van der Waals surface area contributed by atoms with Crippen molar-refractivity contribution in [3.05, 3.63) is 76.6 Å². The van der Waals surface area contributed by atoms with Crippen molar-refractivity contribution in [3.63, 3.8) is 0 Å². The molecule has 1 saturated heterocycles. The van der Waals surface area contributed by atoms with Crippen LogP contribution in [-0.4, -0.2) is 25.0 Å². The average Bonchev–Trinajstić information content (AvgIpc) is 3.08. The van der Waals surface area contributed by atoms with Crippen LogP contribution < -0.4 is 14.9 Å². The van der Waals surface area contributed by atoms with Crippen LogP contribution in [0.3, 0.4) is 0 Å². The van der Waals surface area contributed by atoms with Gasteiger partial charge in [-0.05, 0) is 66.8 Å². The number of nitrogens with zero attached hydrogens (tertiary/aromatic N) is 2. The SMILES string of the molecule is C[C@H]1Cc2cc(F)c(SN)cc2N1C(=O)C1CN(c2c(F)cc(-c3ccccc3Cl)cc2F)C1. The predicted octanol–water partition coefficient (Wildman–Crippen LogP) is 5.80. The number of halogens is 4. The first-order valence-electron chi connectivity index (χ1n) is 10.8. The molecule has 5 rings (SSSR count). The molecule has 176 valence electrons. The highest BCUT2D eigenvalue weighted by Gasteiger charge is 2.42. The Morgan fingerprint density at radius 3 is 2.38 bits per heavy atom. The third-order valence-electron chi connectivity index (χ3n) is 6.46. The number of nitrogens with two attached hydrogens (primary N) is 1. The zero-order chi connectivity index (χ0) is 24.1. The number of carbonyl (C=O) groups excluding carboxylic acids is 1. The summed E-state index contributed by atoms with van der Waals surface area (Å²) in [5.41, 5.74) is 2.13. The third kappa shape index (κ3) is 3.83. The summed E-state index contributed by atoms with van der Waals surface area (Å²) in [4.78, 5) is 16.7. The van der Waals surface area contributed by atoms with E-state index in [2.05, 4.69) is 0 Å². The minimum absolute atomic E-state index is 0.141. The van der Waals surface area contributed by atoms with Crippen molar-refractivity contribution in [1.29, 1.82) is 0 Å². The molecule has 3 aromatic rings. The molecule has 0 bridgehead atoms. The fourth-order valence-corrected chi connectivity index (χ4v) is 5.37. The fourth-order valence-electron chi connectivity index (χ4n) is 4.78. The number of anilines is 2. The molecule has 1 fully saturated rings. The summed E-state index contributed by atoms with van der Waals surface area (Å²) in [7, 11) is 0. The van der Waals surface area contributed by atoms with E-state index < -0.39 is 23.4 Å². The maximum Gasteiger partial charge on any atom is 0.233 e. The molecule has 0 aromatic heterocycles. The van der Waals surface area contributed by atoms with Crippen molar-refractivity contribution in [1.82, 2.24) is 0 Å². The summed E-state index contributed by atoms with van der Waals surface area (Å²) in [6, 6.07) is 12.2. The molecule has 3 aromatic carbocycles. The lowest BCUT2D eigenvalue weighted by Gasteiger charge is -2.42. The van der Waals surface area contributed by atoms with Crippen molar-refractivity contribution in [2.45, 2.75) is 24.3 Å². The first-order chi connectivity index (χ1) is 16.3. The highest BCUT2D eigenvalue weighted by molar-refractivity contribution is 7.97. The Kier molecular flexibility index (Phi) is 6.00. The van der Waals surface area contributed by atoms with E-state index in [4.69, 9.17) is 16.7 Å². The number of hydrogen-bond donors (Lipinski definition) is 1. The van der Waals surface area contributed by atoms with E-state index in [0.717, 1.165) is 17.5 Å². The molecule has 0 saturated carbocycles. The predicted molar refractivity (Wildman–Crippen MR) is 130 cm³/mol. The Morgan fingerprint density at radius 2 is 1.74 bits per heavy atom. The Hall–Kier alpha value is -2.68. The number of hydrogen-bond acceptors (Lipinski definition) is 4. The highest BCUT2D eigenvalue weighted by Crippen LogP contribution is 2.40. The van der Waals surface area contributed by atoms with E-state index >= 15 is 0 Å². The largest absolute Gasteiger partial charge is 0.365 e. The number of carbonyl (C=O) groups is 1. The van der Waals surface area contributed by atoms with Crippen LogP contribution in [0.4, 0.5) is 24.5 Å². The van der Waals surface area contributed by atoms with E-state index in [1.165, 1.54) is 23.1 Å². The molecule has 2 aliphatic heterocycles. The molecule has 2 heterocycles. The van der Waals surface area contributed by atoms with Crippen molar-refractivity contribution in [2.75, 3.05) is 22.9 Å². The van der Waals surface area contributed by atoms with Gasteiger partial charge in [0.1, 0.15) is 23.1 Å². The van der Waals surface area contributed by atoms with E-state index in [1.54, 1.807) is 35.2 Å². The summed E-state index contributed by atoms with van der Waals surface area (Å²) < 4.78 is 44.0. The van der Waals surface area contributed by atoms with Gasteiger partial charge in [-0.15, -0.1) is 0 Å². The minimum atomic E-state index is -0.708. The second-order valence-electron chi connectivity index (χ2n) is 8.66. The zero-order valence-electron chi connectivity index (χ0n) is 18.2. The van der Waals surface area contributed by atoms with Crippen LogP contribution in [0, 0.1) is 23.4 Å². The second kappa shape index (κ2) is 8.83. The summed E-state index contributed by atoms with van der Waals surface area (Å²) in [6.07, 6.45) is 0.538. The van der Waals surface area contributed by atoms with Gasteiger partial charge in [0.25, 0.3) is 0 Å². The molecule has 0 aliphatic carbocycles. The Morgan fingerprint density at radius 1 is 1.06 bits per heavy atom. The molecule has 1 amide bonds. The minimum Gasteiger partial charge on any atom is -0.365 e. The molecule has 9 heteroatoms. The van der Waals surface area contributed by atoms with Crippen molar-refractivity contribution in [3.8, 4) is 11.1 Å². The molecule has 34 heavy (non-hydrogen) atoms. The van der Waals surface area contributed by atoms with Crippen LogP contribution in [0.1, 0.15) is 12.5 Å². The summed E-state index contributed by atoms with van der Waals surface area (Å²) in [5, 5.41) is 5.96. The number of fused-ring (bicyclic) bond motifs is 1. The van der Waals surface area contributed by atoms with Gasteiger partial charge in [-0.1, -0.05) is 29.8 Å². The quantitative estimate of drug-likeness (QED) is 0.457. The van der Waals surface area contributed by atoms with Crippen LogP contribution in [0.25, 0.3) is 11.1 Å². The highest BCUT2D eigenvalue weighted by atomic mass is 35.5. The van der Waals surface area contributed by atoms with Crippen LogP contribution in [0.2, 0.25) is 5.02 Å². The molecular formula is C25H21ClF3N3OS. The van der Waals surface area contributed by atoms with E-state index in [9.17, 15) is 18.0 Å². The van der Waals surface area contributed by atoms with Gasteiger partial charge in [-0.3, -0.25) is 9.93 Å².